The van der Waals surface area contributed by atoms with Crippen LogP contribution in [0.25, 0.3) is 0 Å². The molecule has 114 valence electrons. The van der Waals surface area contributed by atoms with Gasteiger partial charge in [0.25, 0.3) is 0 Å². The van der Waals surface area contributed by atoms with Gasteiger partial charge in [-0.2, -0.15) is 0 Å². The zero-order valence-electron chi connectivity index (χ0n) is 11.5. The fourth-order valence-electron chi connectivity index (χ4n) is 0.873. The molecule has 0 N–H and O–H groups in total. The zero-order valence-corrected chi connectivity index (χ0v) is 12.3. The van der Waals surface area contributed by atoms with E-state index in [9.17, 15) is 14.4 Å². The quantitative estimate of drug-likeness (QED) is 0.243. The average molecular weight is 309 g/mol. The molecule has 0 radical (unpaired) electrons. The van der Waals surface area contributed by atoms with E-state index in [1.165, 1.54) is 0 Å². The number of ether oxygens (including phenoxy) is 4. The minimum Gasteiger partial charge on any atom is -0.459 e. The van der Waals surface area contributed by atoms with Crippen molar-refractivity contribution >= 4 is 29.7 Å². The molecule has 20 heavy (non-hydrogen) atoms. The van der Waals surface area contributed by atoms with Crippen molar-refractivity contribution in [3.63, 3.8) is 0 Å². The number of hydrogen-bond donors (Lipinski definition) is 0. The average Bonchev–Trinajstić information content (AvgIpc) is 2.30. The van der Waals surface area contributed by atoms with Crippen LogP contribution in [0.3, 0.4) is 0 Å². The van der Waals surface area contributed by atoms with Crippen LogP contribution in [0.4, 0.5) is 4.79 Å². The Morgan fingerprint density at radius 2 is 1.50 bits per heavy atom. The standard InChI is InChI=1S/C12H17ClO7/c1-12(2,3)20-10(15)5-4-9(14)17-6-7-18-11(16)19-8-13/h4-5H,6-8H2,1-3H3/b5-4+. The highest BCUT2D eigenvalue weighted by Gasteiger charge is 2.14. The van der Waals surface area contributed by atoms with Gasteiger partial charge in [-0.05, 0) is 20.8 Å². The third-order valence-electron chi connectivity index (χ3n) is 1.48. The van der Waals surface area contributed by atoms with Crippen molar-refractivity contribution in [1.29, 1.82) is 0 Å². The van der Waals surface area contributed by atoms with Gasteiger partial charge in [0.05, 0.1) is 0 Å². The summed E-state index contributed by atoms with van der Waals surface area (Å²) in [5, 5.41) is 0. The van der Waals surface area contributed by atoms with E-state index in [1.807, 2.05) is 0 Å². The van der Waals surface area contributed by atoms with Crippen molar-refractivity contribution < 1.29 is 33.3 Å². The molecule has 0 aliphatic heterocycles. The Labute approximate surface area is 121 Å². The maximum absolute atomic E-state index is 11.2. The first-order valence-corrected chi connectivity index (χ1v) is 6.21. The Balaban J connectivity index is 3.83. The summed E-state index contributed by atoms with van der Waals surface area (Å²) in [4.78, 5) is 33.1. The first-order valence-electron chi connectivity index (χ1n) is 5.68. The molecule has 7 nitrogen and oxygen atoms in total. The number of halogens is 1. The summed E-state index contributed by atoms with van der Waals surface area (Å²) in [7, 11) is 0. The lowest BCUT2D eigenvalue weighted by Crippen LogP contribution is -2.22. The predicted molar refractivity (Wildman–Crippen MR) is 69.1 cm³/mol. The van der Waals surface area contributed by atoms with Crippen molar-refractivity contribution in [2.45, 2.75) is 26.4 Å². The van der Waals surface area contributed by atoms with Crippen molar-refractivity contribution in [2.75, 3.05) is 19.3 Å². The molecule has 0 amide bonds. The van der Waals surface area contributed by atoms with Gasteiger partial charge in [-0.1, -0.05) is 11.6 Å². The van der Waals surface area contributed by atoms with Gasteiger partial charge >= 0.3 is 18.1 Å². The summed E-state index contributed by atoms with van der Waals surface area (Å²) < 4.78 is 18.3. The summed E-state index contributed by atoms with van der Waals surface area (Å²) in [6.45, 7) is 4.76. The number of carbonyl (C=O) groups is 3. The van der Waals surface area contributed by atoms with Crippen LogP contribution in [0.2, 0.25) is 0 Å². The summed E-state index contributed by atoms with van der Waals surface area (Å²) in [5.41, 5.74) is -0.637. The minimum atomic E-state index is -0.958. The molecule has 0 rings (SSSR count). The van der Waals surface area contributed by atoms with E-state index in [2.05, 4.69) is 14.2 Å². The van der Waals surface area contributed by atoms with Gasteiger partial charge in [-0.3, -0.25) is 0 Å². The smallest absolute Gasteiger partial charge is 0.459 e. The Kier molecular flexibility index (Phi) is 8.38. The van der Waals surface area contributed by atoms with Gasteiger partial charge in [0, 0.05) is 12.2 Å². The van der Waals surface area contributed by atoms with Gasteiger partial charge in [0.2, 0.25) is 0 Å². The van der Waals surface area contributed by atoms with Crippen LogP contribution in [0.15, 0.2) is 12.2 Å². The summed E-state index contributed by atoms with van der Waals surface area (Å²) >= 11 is 5.11. The van der Waals surface area contributed by atoms with E-state index in [0.29, 0.717) is 0 Å². The van der Waals surface area contributed by atoms with Crippen LogP contribution in [0.1, 0.15) is 20.8 Å². The Morgan fingerprint density at radius 3 is 2.05 bits per heavy atom. The van der Waals surface area contributed by atoms with Gasteiger partial charge < -0.3 is 18.9 Å². The minimum absolute atomic E-state index is 0.172. The van der Waals surface area contributed by atoms with E-state index in [-0.39, 0.29) is 19.3 Å². The first-order chi connectivity index (χ1) is 9.24. The highest BCUT2D eigenvalue weighted by molar-refractivity contribution is 6.17. The molecular formula is C12H17ClO7. The first kappa shape index (κ1) is 18.2. The van der Waals surface area contributed by atoms with E-state index in [4.69, 9.17) is 16.3 Å². The molecule has 0 aromatic rings. The SMILES string of the molecule is CC(C)(C)OC(=O)/C=C/C(=O)OCCOC(=O)OCCl. The third kappa shape index (κ3) is 11.3. The molecule has 0 saturated carbocycles. The molecule has 0 aliphatic rings. The molecule has 0 aliphatic carbocycles. The Morgan fingerprint density at radius 1 is 0.950 bits per heavy atom. The molecule has 0 heterocycles. The van der Waals surface area contributed by atoms with Crippen LogP contribution < -0.4 is 0 Å². The molecule has 0 aromatic carbocycles. The van der Waals surface area contributed by atoms with E-state index >= 15 is 0 Å². The second-order valence-corrected chi connectivity index (χ2v) is 4.60. The number of alkyl halides is 1. The fraction of sp³-hybridized carbons (Fsp3) is 0.583. The van der Waals surface area contributed by atoms with E-state index in [1.54, 1.807) is 20.8 Å². The van der Waals surface area contributed by atoms with Crippen LogP contribution in [-0.4, -0.2) is 43.0 Å². The highest BCUT2D eigenvalue weighted by atomic mass is 35.5. The van der Waals surface area contributed by atoms with Gasteiger partial charge in [-0.15, -0.1) is 0 Å². The monoisotopic (exact) mass is 308 g/mol. The van der Waals surface area contributed by atoms with E-state index < -0.39 is 23.7 Å². The second kappa shape index (κ2) is 9.19. The number of rotatable bonds is 6. The molecule has 8 heteroatoms. The molecular weight excluding hydrogens is 292 g/mol. The highest BCUT2D eigenvalue weighted by Crippen LogP contribution is 2.06. The van der Waals surface area contributed by atoms with Gasteiger partial charge in [0.1, 0.15) is 18.8 Å². The van der Waals surface area contributed by atoms with Crippen molar-refractivity contribution in [3.05, 3.63) is 12.2 Å². The number of carbonyl (C=O) groups excluding carboxylic acids is 3. The zero-order chi connectivity index (χ0) is 15.6. The van der Waals surface area contributed by atoms with Crippen molar-refractivity contribution in [2.24, 2.45) is 0 Å². The third-order valence-corrected chi connectivity index (χ3v) is 1.59. The second-order valence-electron chi connectivity index (χ2n) is 4.39. The van der Waals surface area contributed by atoms with E-state index in [0.717, 1.165) is 12.2 Å². The van der Waals surface area contributed by atoms with Crippen LogP contribution in [0.5, 0.6) is 0 Å². The number of hydrogen-bond acceptors (Lipinski definition) is 7. The lowest BCUT2D eigenvalue weighted by atomic mass is 10.2. The maximum atomic E-state index is 11.2. The maximum Gasteiger partial charge on any atom is 0.509 e. The van der Waals surface area contributed by atoms with Gasteiger partial charge in [-0.25, -0.2) is 14.4 Å². The Hall–Kier alpha value is -1.76. The lowest BCUT2D eigenvalue weighted by Gasteiger charge is -2.17. The van der Waals surface area contributed by atoms with Crippen molar-refractivity contribution in [1.82, 2.24) is 0 Å². The van der Waals surface area contributed by atoms with Crippen LogP contribution in [-0.2, 0) is 28.5 Å². The number of esters is 2. The largest absolute Gasteiger partial charge is 0.509 e. The topological polar surface area (TPSA) is 88.1 Å². The molecule has 0 atom stereocenters. The Bertz CT molecular complexity index is 370. The predicted octanol–water partition coefficient (Wildman–Crippen LogP) is 1.78. The summed E-state index contributed by atoms with van der Waals surface area (Å²) in [6.07, 6.45) is 0.918. The molecule has 0 spiro atoms. The molecule has 0 bridgehead atoms. The fourth-order valence-corrected chi connectivity index (χ4v) is 0.963. The van der Waals surface area contributed by atoms with Gasteiger partial charge in [0.15, 0.2) is 6.07 Å². The van der Waals surface area contributed by atoms with Crippen molar-refractivity contribution in [3.8, 4) is 0 Å². The normalized spacial score (nSPS) is 11.0. The summed E-state index contributed by atoms with van der Waals surface area (Å²) in [6, 6.07) is -0.322. The molecule has 0 saturated heterocycles. The summed E-state index contributed by atoms with van der Waals surface area (Å²) in [5.74, 6) is -1.42. The van der Waals surface area contributed by atoms with Crippen LogP contribution >= 0.6 is 11.6 Å². The molecule has 0 fully saturated rings. The molecule has 0 aromatic heterocycles. The molecule has 0 unspecified atom stereocenters. The lowest BCUT2D eigenvalue weighted by molar-refractivity contribution is -0.149. The van der Waals surface area contributed by atoms with Crippen LogP contribution in [0, 0.1) is 0 Å².